The van der Waals surface area contributed by atoms with Crippen LogP contribution in [0.4, 0.5) is 0 Å². The van der Waals surface area contributed by atoms with Gasteiger partial charge in [0.05, 0.1) is 15.9 Å². The van der Waals surface area contributed by atoms with Crippen molar-refractivity contribution in [2.45, 2.75) is 43.6 Å². The van der Waals surface area contributed by atoms with Crippen molar-refractivity contribution >= 4 is 39.3 Å². The highest BCUT2D eigenvalue weighted by Crippen LogP contribution is 2.31. The molecule has 0 amide bonds. The average Bonchev–Trinajstić information content (AvgIpc) is 2.75. The second-order valence-corrected chi connectivity index (χ2v) is 6.49. The van der Waals surface area contributed by atoms with Gasteiger partial charge in [0.2, 0.25) is 0 Å². The summed E-state index contributed by atoms with van der Waals surface area (Å²) in [6, 6.07) is 0. The highest BCUT2D eigenvalue weighted by Gasteiger charge is 2.16. The average molecular weight is 322 g/mol. The van der Waals surface area contributed by atoms with Gasteiger partial charge in [0.1, 0.15) is 11.0 Å². The number of hydrogen-bond donors (Lipinski definition) is 0. The number of hydrogen-bond acceptors (Lipinski definition) is 3. The molecule has 2 nitrogen and oxygen atoms in total. The van der Waals surface area contributed by atoms with Gasteiger partial charge in [-0.2, -0.15) is 11.8 Å². The number of aromatic nitrogens is 2. The van der Waals surface area contributed by atoms with Crippen molar-refractivity contribution in [3.05, 3.63) is 21.1 Å². The molecule has 1 aromatic rings. The van der Waals surface area contributed by atoms with Crippen molar-refractivity contribution < 1.29 is 0 Å². The second-order valence-electron chi connectivity index (χ2n) is 4.05. The van der Waals surface area contributed by atoms with Gasteiger partial charge < -0.3 is 0 Å². The van der Waals surface area contributed by atoms with Crippen LogP contribution in [0.15, 0.2) is 4.47 Å². The molecule has 1 fully saturated rings. The molecule has 0 N–H and O–H groups in total. The molecule has 88 valence electrons. The monoisotopic (exact) mass is 320 g/mol. The first-order valence-corrected chi connectivity index (χ1v) is 7.69. The van der Waals surface area contributed by atoms with Crippen molar-refractivity contribution in [3.8, 4) is 0 Å². The summed E-state index contributed by atoms with van der Waals surface area (Å²) < 4.78 is 0.809. The van der Waals surface area contributed by atoms with E-state index in [4.69, 9.17) is 11.6 Å². The van der Waals surface area contributed by atoms with E-state index in [0.29, 0.717) is 5.15 Å². The van der Waals surface area contributed by atoms with Crippen LogP contribution in [0.1, 0.15) is 37.2 Å². The van der Waals surface area contributed by atoms with Crippen LogP contribution < -0.4 is 0 Å². The molecule has 16 heavy (non-hydrogen) atoms. The second kappa shape index (κ2) is 5.69. The molecule has 0 atom stereocenters. The predicted molar refractivity (Wildman–Crippen MR) is 73.0 cm³/mol. The summed E-state index contributed by atoms with van der Waals surface area (Å²) in [6.45, 7) is 1.95. The van der Waals surface area contributed by atoms with Gasteiger partial charge in [-0.3, -0.25) is 0 Å². The van der Waals surface area contributed by atoms with E-state index in [0.717, 1.165) is 27.0 Å². The maximum Gasteiger partial charge on any atom is 0.147 e. The predicted octanol–water partition coefficient (Wildman–Crippen LogP) is 4.38. The van der Waals surface area contributed by atoms with Crippen molar-refractivity contribution in [1.82, 2.24) is 9.97 Å². The Morgan fingerprint density at radius 2 is 2.06 bits per heavy atom. The highest BCUT2D eigenvalue weighted by molar-refractivity contribution is 9.10. The normalized spacial score (nSPS) is 16.9. The molecule has 1 heterocycles. The van der Waals surface area contributed by atoms with Crippen LogP contribution in [0, 0.1) is 6.92 Å². The smallest absolute Gasteiger partial charge is 0.147 e. The minimum Gasteiger partial charge on any atom is -0.236 e. The lowest BCUT2D eigenvalue weighted by Crippen LogP contribution is -2.01. The lowest BCUT2D eigenvalue weighted by atomic mass is 10.4. The van der Waals surface area contributed by atoms with Gasteiger partial charge in [0.25, 0.3) is 0 Å². The molecular formula is C11H14BrClN2S. The third-order valence-electron chi connectivity index (χ3n) is 2.77. The molecule has 0 aromatic carbocycles. The largest absolute Gasteiger partial charge is 0.236 e. The van der Waals surface area contributed by atoms with E-state index in [1.165, 1.54) is 25.7 Å². The van der Waals surface area contributed by atoms with E-state index < -0.39 is 0 Å². The zero-order chi connectivity index (χ0) is 11.5. The Morgan fingerprint density at radius 1 is 1.38 bits per heavy atom. The molecule has 0 bridgehead atoms. The van der Waals surface area contributed by atoms with E-state index in [-0.39, 0.29) is 0 Å². The van der Waals surface area contributed by atoms with Crippen LogP contribution >= 0.6 is 39.3 Å². The Balaban J connectivity index is 1.98. The summed E-state index contributed by atoms with van der Waals surface area (Å²) >= 11 is 11.3. The molecule has 1 aromatic heterocycles. The Kier molecular flexibility index (Phi) is 4.50. The molecule has 5 heteroatoms. The minimum atomic E-state index is 0.523. The summed E-state index contributed by atoms with van der Waals surface area (Å²) in [7, 11) is 0. The Labute approximate surface area is 114 Å². The molecule has 1 aliphatic carbocycles. The zero-order valence-corrected chi connectivity index (χ0v) is 12.3. The number of thioether (sulfide) groups is 1. The van der Waals surface area contributed by atoms with Crippen molar-refractivity contribution in [1.29, 1.82) is 0 Å². The third-order valence-corrected chi connectivity index (χ3v) is 5.59. The molecule has 0 radical (unpaired) electrons. The molecule has 0 unspecified atom stereocenters. The summed E-state index contributed by atoms with van der Waals surface area (Å²) in [5.41, 5.74) is 0.919. The first kappa shape index (κ1) is 12.7. The fourth-order valence-electron chi connectivity index (χ4n) is 1.89. The SMILES string of the molecule is Cc1nc(CSC2CCCC2)nc(Cl)c1Br. The molecule has 0 spiro atoms. The fraction of sp³-hybridized carbons (Fsp3) is 0.636. The van der Waals surface area contributed by atoms with E-state index in [2.05, 4.69) is 25.9 Å². The first-order chi connectivity index (χ1) is 7.66. The van der Waals surface area contributed by atoms with Crippen LogP contribution in [0.3, 0.4) is 0 Å². The quantitative estimate of drug-likeness (QED) is 0.773. The number of halogens is 2. The lowest BCUT2D eigenvalue weighted by molar-refractivity contribution is 0.886. The Bertz CT molecular complexity index is 357. The number of nitrogens with zero attached hydrogens (tertiary/aromatic N) is 2. The Hall–Kier alpha value is 0.200. The van der Waals surface area contributed by atoms with Gasteiger partial charge in [-0.25, -0.2) is 9.97 Å². The zero-order valence-electron chi connectivity index (χ0n) is 9.17. The maximum atomic E-state index is 6.01. The first-order valence-electron chi connectivity index (χ1n) is 5.47. The molecule has 1 saturated carbocycles. The summed E-state index contributed by atoms with van der Waals surface area (Å²) in [5.74, 6) is 1.72. The molecule has 0 saturated heterocycles. The van der Waals surface area contributed by atoms with Crippen molar-refractivity contribution in [3.63, 3.8) is 0 Å². The van der Waals surface area contributed by atoms with E-state index in [1.54, 1.807) is 0 Å². The summed E-state index contributed by atoms with van der Waals surface area (Å²) in [4.78, 5) is 8.71. The Morgan fingerprint density at radius 3 is 2.69 bits per heavy atom. The topological polar surface area (TPSA) is 25.8 Å². The highest BCUT2D eigenvalue weighted by atomic mass is 79.9. The standard InChI is InChI=1S/C11H14BrClN2S/c1-7-10(12)11(13)15-9(14-7)6-16-8-4-2-3-5-8/h8H,2-6H2,1H3. The summed E-state index contributed by atoms with van der Waals surface area (Å²) in [6.07, 6.45) is 5.43. The van der Waals surface area contributed by atoms with E-state index in [1.807, 2.05) is 18.7 Å². The van der Waals surface area contributed by atoms with E-state index >= 15 is 0 Å². The van der Waals surface area contributed by atoms with Crippen LogP contribution in [0.2, 0.25) is 5.15 Å². The van der Waals surface area contributed by atoms with Crippen molar-refractivity contribution in [2.24, 2.45) is 0 Å². The van der Waals surface area contributed by atoms with Crippen molar-refractivity contribution in [2.75, 3.05) is 0 Å². The number of rotatable bonds is 3. The van der Waals surface area contributed by atoms with Gasteiger partial charge in [0, 0.05) is 5.25 Å². The van der Waals surface area contributed by atoms with Gasteiger partial charge >= 0.3 is 0 Å². The fourth-order valence-corrected chi connectivity index (χ4v) is 3.48. The van der Waals surface area contributed by atoms with Gasteiger partial charge in [-0.1, -0.05) is 24.4 Å². The molecule has 1 aliphatic rings. The van der Waals surface area contributed by atoms with E-state index in [9.17, 15) is 0 Å². The van der Waals surface area contributed by atoms with Gasteiger partial charge in [-0.05, 0) is 35.7 Å². The van der Waals surface area contributed by atoms with Crippen LogP contribution in [-0.4, -0.2) is 15.2 Å². The number of aryl methyl sites for hydroxylation is 1. The molecule has 0 aliphatic heterocycles. The van der Waals surface area contributed by atoms with Gasteiger partial charge in [-0.15, -0.1) is 0 Å². The molecular weight excluding hydrogens is 308 g/mol. The van der Waals surface area contributed by atoms with Crippen LogP contribution in [-0.2, 0) is 5.75 Å². The molecule has 2 rings (SSSR count). The summed E-state index contributed by atoms with van der Waals surface area (Å²) in [5, 5.41) is 1.32. The van der Waals surface area contributed by atoms with Crippen LogP contribution in [0.25, 0.3) is 0 Å². The third kappa shape index (κ3) is 3.11. The lowest BCUT2D eigenvalue weighted by Gasteiger charge is -2.08. The maximum absolute atomic E-state index is 6.01. The van der Waals surface area contributed by atoms with Gasteiger partial charge in [0.15, 0.2) is 0 Å². The van der Waals surface area contributed by atoms with Crippen LogP contribution in [0.5, 0.6) is 0 Å². The minimum absolute atomic E-state index is 0.523.